The Morgan fingerprint density at radius 2 is 2.12 bits per heavy atom. The topological polar surface area (TPSA) is 56.7 Å². The first kappa shape index (κ1) is 9.35. The molecule has 0 saturated carbocycles. The van der Waals surface area contributed by atoms with Gasteiger partial charge < -0.3 is 5.73 Å². The third kappa shape index (κ3) is 1.29. The third-order valence-corrected chi connectivity index (χ3v) is 3.52. The van der Waals surface area contributed by atoms with Gasteiger partial charge in [-0.25, -0.2) is 9.67 Å². The van der Waals surface area contributed by atoms with Crippen molar-refractivity contribution < 1.29 is 0 Å². The second kappa shape index (κ2) is 3.31. The van der Waals surface area contributed by atoms with Crippen molar-refractivity contribution in [2.45, 2.75) is 6.92 Å². The second-order valence-electron chi connectivity index (χ2n) is 3.56. The van der Waals surface area contributed by atoms with E-state index in [0.29, 0.717) is 5.69 Å². The van der Waals surface area contributed by atoms with Crippen LogP contribution in [0.4, 0.5) is 5.69 Å². The number of rotatable bonds is 1. The molecule has 2 heterocycles. The summed E-state index contributed by atoms with van der Waals surface area (Å²) in [7, 11) is 0. The maximum absolute atomic E-state index is 5.77. The lowest BCUT2D eigenvalue weighted by atomic mass is 10.3. The van der Waals surface area contributed by atoms with E-state index in [1.807, 2.05) is 25.1 Å². The molecule has 1 aromatic carbocycles. The van der Waals surface area contributed by atoms with Crippen LogP contribution in [-0.4, -0.2) is 14.8 Å². The highest BCUT2D eigenvalue weighted by atomic mass is 32.1. The van der Waals surface area contributed by atoms with E-state index >= 15 is 0 Å². The van der Waals surface area contributed by atoms with Crippen LogP contribution in [0.5, 0.6) is 0 Å². The Labute approximate surface area is 96.3 Å². The van der Waals surface area contributed by atoms with E-state index in [0.717, 1.165) is 21.0 Å². The Kier molecular flexibility index (Phi) is 1.94. The number of hydrogen-bond acceptors (Lipinski definition) is 4. The highest BCUT2D eigenvalue weighted by molar-refractivity contribution is 7.20. The molecule has 16 heavy (non-hydrogen) atoms. The van der Waals surface area contributed by atoms with Gasteiger partial charge >= 0.3 is 0 Å². The van der Waals surface area contributed by atoms with Crippen molar-refractivity contribution in [3.63, 3.8) is 0 Å². The Morgan fingerprint density at radius 3 is 2.81 bits per heavy atom. The van der Waals surface area contributed by atoms with Crippen LogP contribution in [0.3, 0.4) is 0 Å². The van der Waals surface area contributed by atoms with Crippen LogP contribution in [-0.2, 0) is 0 Å². The number of fused-ring (bicyclic) bond motifs is 1. The average molecular weight is 230 g/mol. The van der Waals surface area contributed by atoms with Crippen molar-refractivity contribution in [1.29, 1.82) is 0 Å². The third-order valence-electron chi connectivity index (χ3n) is 2.51. The lowest BCUT2D eigenvalue weighted by Gasteiger charge is -1.97. The smallest absolute Gasteiger partial charge is 0.211 e. The number of aromatic nitrogens is 3. The summed E-state index contributed by atoms with van der Waals surface area (Å²) in [6, 6.07) is 8.04. The average Bonchev–Trinajstić information content (AvgIpc) is 2.84. The van der Waals surface area contributed by atoms with Gasteiger partial charge in [0.05, 0.1) is 27.8 Å². The lowest BCUT2D eigenvalue weighted by molar-refractivity contribution is 0.841. The number of nitrogens with zero attached hydrogens (tertiary/aromatic N) is 3. The van der Waals surface area contributed by atoms with Crippen molar-refractivity contribution in [3.8, 4) is 5.13 Å². The van der Waals surface area contributed by atoms with Crippen molar-refractivity contribution in [2.24, 2.45) is 0 Å². The number of benzene rings is 1. The summed E-state index contributed by atoms with van der Waals surface area (Å²) in [4.78, 5) is 4.52. The highest BCUT2D eigenvalue weighted by Gasteiger charge is 2.09. The molecule has 0 fully saturated rings. The standard InChI is InChI=1S/C11H10N4S/c1-7-8(12)6-13-15(7)11-14-9-4-2-3-5-10(9)16-11/h2-6H,12H2,1H3. The van der Waals surface area contributed by atoms with Crippen LogP contribution in [0, 0.1) is 6.92 Å². The Balaban J connectivity index is 2.23. The summed E-state index contributed by atoms with van der Waals surface area (Å²) in [6.07, 6.45) is 1.65. The number of thiazole rings is 1. The number of nitrogen functional groups attached to an aromatic ring is 1. The van der Waals surface area contributed by atoms with Crippen LogP contribution in [0.2, 0.25) is 0 Å². The largest absolute Gasteiger partial charge is 0.396 e. The quantitative estimate of drug-likeness (QED) is 0.698. The minimum atomic E-state index is 0.694. The van der Waals surface area contributed by atoms with E-state index in [4.69, 9.17) is 5.73 Å². The van der Waals surface area contributed by atoms with Crippen molar-refractivity contribution >= 4 is 27.2 Å². The molecule has 0 saturated heterocycles. The predicted octanol–water partition coefficient (Wildman–Crippen LogP) is 2.37. The predicted molar refractivity (Wildman–Crippen MR) is 65.9 cm³/mol. The van der Waals surface area contributed by atoms with Crippen LogP contribution in [0.15, 0.2) is 30.5 Å². The van der Waals surface area contributed by atoms with Crippen LogP contribution < -0.4 is 5.73 Å². The molecule has 0 radical (unpaired) electrons. The second-order valence-corrected chi connectivity index (χ2v) is 4.57. The first-order valence-corrected chi connectivity index (χ1v) is 5.73. The Hall–Kier alpha value is -1.88. The summed E-state index contributed by atoms with van der Waals surface area (Å²) in [6.45, 7) is 1.94. The maximum atomic E-state index is 5.77. The molecule has 80 valence electrons. The van der Waals surface area contributed by atoms with Gasteiger partial charge in [0.2, 0.25) is 5.13 Å². The molecule has 0 unspecified atom stereocenters. The molecular formula is C11H10N4S. The minimum absolute atomic E-state index is 0.694. The van der Waals surface area contributed by atoms with Gasteiger partial charge in [-0.15, -0.1) is 0 Å². The van der Waals surface area contributed by atoms with E-state index in [1.165, 1.54) is 0 Å². The molecule has 3 rings (SSSR count). The molecule has 0 atom stereocenters. The zero-order valence-corrected chi connectivity index (χ0v) is 9.53. The molecule has 2 N–H and O–H groups in total. The summed E-state index contributed by atoms with van der Waals surface area (Å²) in [5.41, 5.74) is 8.39. The van der Waals surface area contributed by atoms with Gasteiger partial charge in [-0.2, -0.15) is 5.10 Å². The molecule has 5 heteroatoms. The molecule has 2 aromatic heterocycles. The van der Waals surface area contributed by atoms with E-state index in [2.05, 4.69) is 16.1 Å². The van der Waals surface area contributed by atoms with E-state index < -0.39 is 0 Å². The first-order valence-electron chi connectivity index (χ1n) is 4.92. The normalized spacial score (nSPS) is 11.1. The minimum Gasteiger partial charge on any atom is -0.396 e. The van der Waals surface area contributed by atoms with Gasteiger partial charge in [-0.3, -0.25) is 0 Å². The van der Waals surface area contributed by atoms with Crippen LogP contribution >= 0.6 is 11.3 Å². The molecule has 0 aliphatic heterocycles. The number of hydrogen-bond donors (Lipinski definition) is 1. The summed E-state index contributed by atoms with van der Waals surface area (Å²) in [5.74, 6) is 0. The summed E-state index contributed by atoms with van der Waals surface area (Å²) in [5, 5.41) is 5.08. The number of nitrogens with two attached hydrogens (primary N) is 1. The molecule has 0 aliphatic carbocycles. The molecule has 0 aliphatic rings. The van der Waals surface area contributed by atoms with Crippen molar-refractivity contribution in [3.05, 3.63) is 36.2 Å². The number of para-hydroxylation sites is 1. The first-order chi connectivity index (χ1) is 7.75. The molecule has 4 nitrogen and oxygen atoms in total. The van der Waals surface area contributed by atoms with Gasteiger partial charge in [-0.1, -0.05) is 23.5 Å². The van der Waals surface area contributed by atoms with Gasteiger partial charge in [0.25, 0.3) is 0 Å². The lowest BCUT2D eigenvalue weighted by Crippen LogP contribution is -1.98. The van der Waals surface area contributed by atoms with Crippen molar-refractivity contribution in [2.75, 3.05) is 5.73 Å². The molecule has 0 amide bonds. The van der Waals surface area contributed by atoms with Gasteiger partial charge in [0.1, 0.15) is 0 Å². The van der Waals surface area contributed by atoms with Crippen LogP contribution in [0.25, 0.3) is 15.3 Å². The highest BCUT2D eigenvalue weighted by Crippen LogP contribution is 2.25. The van der Waals surface area contributed by atoms with E-state index in [1.54, 1.807) is 22.2 Å². The van der Waals surface area contributed by atoms with E-state index in [9.17, 15) is 0 Å². The molecular weight excluding hydrogens is 220 g/mol. The Morgan fingerprint density at radius 1 is 1.31 bits per heavy atom. The zero-order chi connectivity index (χ0) is 11.1. The fraction of sp³-hybridized carbons (Fsp3) is 0.0909. The van der Waals surface area contributed by atoms with Gasteiger partial charge in [0, 0.05) is 0 Å². The summed E-state index contributed by atoms with van der Waals surface area (Å²) < 4.78 is 2.94. The molecule has 0 bridgehead atoms. The summed E-state index contributed by atoms with van der Waals surface area (Å²) >= 11 is 1.61. The van der Waals surface area contributed by atoms with Gasteiger partial charge in [-0.05, 0) is 19.1 Å². The maximum Gasteiger partial charge on any atom is 0.211 e. The zero-order valence-electron chi connectivity index (χ0n) is 8.71. The molecule has 0 spiro atoms. The Bertz CT molecular complexity index is 620. The fourth-order valence-electron chi connectivity index (χ4n) is 1.57. The monoisotopic (exact) mass is 230 g/mol. The van der Waals surface area contributed by atoms with Crippen molar-refractivity contribution in [1.82, 2.24) is 14.8 Å². The fourth-order valence-corrected chi connectivity index (χ4v) is 2.54. The van der Waals surface area contributed by atoms with E-state index in [-0.39, 0.29) is 0 Å². The SMILES string of the molecule is Cc1c(N)cnn1-c1nc2ccccc2s1. The number of anilines is 1. The van der Waals surface area contributed by atoms with Crippen LogP contribution in [0.1, 0.15) is 5.69 Å². The molecule has 3 aromatic rings. The van der Waals surface area contributed by atoms with Gasteiger partial charge in [0.15, 0.2) is 0 Å².